The molecule has 0 N–H and O–H groups in total. The zero-order valence-electron chi connectivity index (χ0n) is 10.9. The van der Waals surface area contributed by atoms with Gasteiger partial charge < -0.3 is 14.2 Å². The zero-order chi connectivity index (χ0) is 13.2. The molecule has 98 valence electrons. The summed E-state index contributed by atoms with van der Waals surface area (Å²) in [5, 5.41) is 0. The van der Waals surface area contributed by atoms with Crippen molar-refractivity contribution in [1.29, 1.82) is 0 Å². The molecule has 5 nitrogen and oxygen atoms in total. The third-order valence-corrected chi connectivity index (χ3v) is 3.29. The Labute approximate surface area is 101 Å². The molecule has 0 aromatic carbocycles. The first-order chi connectivity index (χ1) is 7.82. The van der Waals surface area contributed by atoms with Crippen molar-refractivity contribution < 1.29 is 23.8 Å². The molecule has 17 heavy (non-hydrogen) atoms. The molecule has 1 fully saturated rings. The van der Waals surface area contributed by atoms with Gasteiger partial charge in [0.25, 0.3) is 0 Å². The monoisotopic (exact) mass is 244 g/mol. The lowest BCUT2D eigenvalue weighted by molar-refractivity contribution is -0.263. The molecule has 0 bridgehead atoms. The first kappa shape index (κ1) is 14.0. The van der Waals surface area contributed by atoms with Crippen LogP contribution in [-0.4, -0.2) is 30.4 Å². The third kappa shape index (κ3) is 3.43. The van der Waals surface area contributed by atoms with Crippen molar-refractivity contribution in [3.05, 3.63) is 0 Å². The Balaban J connectivity index is 2.82. The van der Waals surface area contributed by atoms with E-state index in [1.165, 1.54) is 13.8 Å². The minimum atomic E-state index is -0.808. The maximum Gasteiger partial charge on any atom is 0.305 e. The number of carbonyl (C=O) groups is 2. The number of hydrogen-bond donors (Lipinski definition) is 0. The van der Waals surface area contributed by atoms with Gasteiger partial charge in [0.2, 0.25) is 6.29 Å². The summed E-state index contributed by atoms with van der Waals surface area (Å²) in [5.74, 6) is -0.538. The Morgan fingerprint density at radius 1 is 0.941 bits per heavy atom. The maximum atomic E-state index is 11.1. The fraction of sp³-hybridized carbons (Fsp3) is 0.833. The van der Waals surface area contributed by atoms with Crippen LogP contribution in [0.2, 0.25) is 0 Å². The summed E-state index contributed by atoms with van der Waals surface area (Å²) in [7, 11) is 0. The maximum absolute atomic E-state index is 11.1. The Bertz CT molecular complexity index is 301. The minimum absolute atomic E-state index is 0.0406. The van der Waals surface area contributed by atoms with Crippen LogP contribution in [0.5, 0.6) is 0 Å². The van der Waals surface area contributed by atoms with Crippen LogP contribution in [0.25, 0.3) is 0 Å². The Morgan fingerprint density at radius 3 is 1.94 bits per heavy atom. The topological polar surface area (TPSA) is 61.8 Å². The van der Waals surface area contributed by atoms with Gasteiger partial charge in [0, 0.05) is 19.8 Å². The molecule has 1 aliphatic heterocycles. The fourth-order valence-corrected chi connectivity index (χ4v) is 2.00. The summed E-state index contributed by atoms with van der Waals surface area (Å²) in [6, 6.07) is 0. The smallest absolute Gasteiger partial charge is 0.305 e. The van der Waals surface area contributed by atoms with E-state index in [2.05, 4.69) is 0 Å². The van der Waals surface area contributed by atoms with Crippen molar-refractivity contribution in [2.75, 3.05) is 0 Å². The SMILES string of the molecule is CC(=O)O[C@@H]1OC(C)[C@@H](C)C(C)[C@@H]1OC(C)=O. The Hall–Kier alpha value is -1.10. The number of hydrogen-bond acceptors (Lipinski definition) is 5. The largest absolute Gasteiger partial charge is 0.456 e. The molecule has 1 aliphatic rings. The van der Waals surface area contributed by atoms with Gasteiger partial charge in [-0.15, -0.1) is 0 Å². The quantitative estimate of drug-likeness (QED) is 0.689. The van der Waals surface area contributed by atoms with Gasteiger partial charge in [-0.3, -0.25) is 9.59 Å². The molecule has 5 heteroatoms. The van der Waals surface area contributed by atoms with Gasteiger partial charge in [-0.2, -0.15) is 0 Å². The van der Waals surface area contributed by atoms with Crippen LogP contribution < -0.4 is 0 Å². The molecular formula is C12H20O5. The van der Waals surface area contributed by atoms with E-state index in [1.807, 2.05) is 20.8 Å². The highest BCUT2D eigenvalue weighted by atomic mass is 16.7. The summed E-state index contributed by atoms with van der Waals surface area (Å²) in [4.78, 5) is 22.1. The van der Waals surface area contributed by atoms with E-state index in [9.17, 15) is 9.59 Å². The van der Waals surface area contributed by atoms with Crippen molar-refractivity contribution in [1.82, 2.24) is 0 Å². The molecular weight excluding hydrogens is 224 g/mol. The average Bonchev–Trinajstić information content (AvgIpc) is 2.20. The van der Waals surface area contributed by atoms with Gasteiger partial charge in [-0.1, -0.05) is 13.8 Å². The molecule has 0 aromatic heterocycles. The molecule has 0 aliphatic carbocycles. The van der Waals surface area contributed by atoms with E-state index in [4.69, 9.17) is 14.2 Å². The van der Waals surface area contributed by atoms with Crippen molar-refractivity contribution in [2.24, 2.45) is 11.8 Å². The Kier molecular flexibility index (Phi) is 4.51. The summed E-state index contributed by atoms with van der Waals surface area (Å²) in [6.07, 6.45) is -1.39. The van der Waals surface area contributed by atoms with E-state index in [1.54, 1.807) is 0 Å². The molecule has 1 saturated heterocycles. The van der Waals surface area contributed by atoms with E-state index in [0.29, 0.717) is 0 Å². The van der Waals surface area contributed by atoms with Gasteiger partial charge in [0.05, 0.1) is 6.10 Å². The highest BCUT2D eigenvalue weighted by Gasteiger charge is 2.43. The van der Waals surface area contributed by atoms with Crippen LogP contribution in [-0.2, 0) is 23.8 Å². The molecule has 0 saturated carbocycles. The second-order valence-corrected chi connectivity index (χ2v) is 4.61. The first-order valence-corrected chi connectivity index (χ1v) is 5.82. The van der Waals surface area contributed by atoms with Crippen LogP contribution in [0.3, 0.4) is 0 Å². The summed E-state index contributed by atoms with van der Waals surface area (Å²) in [6.45, 7) is 8.55. The van der Waals surface area contributed by atoms with Gasteiger partial charge in [0.15, 0.2) is 6.10 Å². The number of rotatable bonds is 2. The number of carbonyl (C=O) groups excluding carboxylic acids is 2. The van der Waals surface area contributed by atoms with Crippen molar-refractivity contribution in [2.45, 2.75) is 53.1 Å². The highest BCUT2D eigenvalue weighted by molar-refractivity contribution is 5.67. The third-order valence-electron chi connectivity index (χ3n) is 3.29. The van der Waals surface area contributed by atoms with Crippen LogP contribution in [0, 0.1) is 11.8 Å². The predicted molar refractivity (Wildman–Crippen MR) is 60.0 cm³/mol. The standard InChI is InChI=1S/C12H20O5/c1-6-7(2)11(16-9(4)13)12(15-8(6)3)17-10(5)14/h6-8,11-12H,1-5H3/t6-,7?,8?,11-,12-/m0/s1. The molecule has 0 aromatic rings. The first-order valence-electron chi connectivity index (χ1n) is 5.82. The normalized spacial score (nSPS) is 37.4. The van der Waals surface area contributed by atoms with Gasteiger partial charge in [-0.25, -0.2) is 0 Å². The second kappa shape index (κ2) is 5.49. The average molecular weight is 244 g/mol. The second-order valence-electron chi connectivity index (χ2n) is 4.61. The van der Waals surface area contributed by atoms with Gasteiger partial charge >= 0.3 is 11.9 Å². The van der Waals surface area contributed by atoms with Crippen LogP contribution >= 0.6 is 0 Å². The molecule has 2 unspecified atom stereocenters. The van der Waals surface area contributed by atoms with Crippen molar-refractivity contribution in [3.63, 3.8) is 0 Å². The minimum Gasteiger partial charge on any atom is -0.456 e. The summed E-state index contributed by atoms with van der Waals surface area (Å²) >= 11 is 0. The van der Waals surface area contributed by atoms with Gasteiger partial charge in [-0.05, 0) is 12.8 Å². The van der Waals surface area contributed by atoms with Crippen molar-refractivity contribution in [3.8, 4) is 0 Å². The molecule has 0 spiro atoms. The van der Waals surface area contributed by atoms with E-state index < -0.39 is 24.3 Å². The lowest BCUT2D eigenvalue weighted by atomic mass is 9.84. The molecule has 0 radical (unpaired) electrons. The predicted octanol–water partition coefficient (Wildman–Crippen LogP) is 1.50. The highest BCUT2D eigenvalue weighted by Crippen LogP contribution is 2.33. The van der Waals surface area contributed by atoms with E-state index in [0.717, 1.165) is 0 Å². The molecule has 1 heterocycles. The lowest BCUT2D eigenvalue weighted by Crippen LogP contribution is -2.51. The zero-order valence-corrected chi connectivity index (χ0v) is 10.9. The van der Waals surface area contributed by atoms with Crippen LogP contribution in [0.15, 0.2) is 0 Å². The molecule has 1 rings (SSSR count). The van der Waals surface area contributed by atoms with E-state index in [-0.39, 0.29) is 17.9 Å². The summed E-state index contributed by atoms with van der Waals surface area (Å²) in [5.41, 5.74) is 0. The van der Waals surface area contributed by atoms with Gasteiger partial charge in [0.1, 0.15) is 0 Å². The lowest BCUT2D eigenvalue weighted by Gasteiger charge is -2.42. The van der Waals surface area contributed by atoms with Crippen LogP contribution in [0.1, 0.15) is 34.6 Å². The summed E-state index contributed by atoms with van der Waals surface area (Å²) < 4.78 is 15.8. The fourth-order valence-electron chi connectivity index (χ4n) is 2.00. The Morgan fingerprint density at radius 2 is 1.47 bits per heavy atom. The number of ether oxygens (including phenoxy) is 3. The molecule has 0 amide bonds. The van der Waals surface area contributed by atoms with Crippen LogP contribution in [0.4, 0.5) is 0 Å². The molecule has 5 atom stereocenters. The van der Waals surface area contributed by atoms with E-state index >= 15 is 0 Å². The van der Waals surface area contributed by atoms with Crippen molar-refractivity contribution >= 4 is 11.9 Å². The number of esters is 2.